The van der Waals surface area contributed by atoms with Crippen molar-refractivity contribution in [2.45, 2.75) is 33.3 Å². The molecule has 0 saturated heterocycles. The van der Waals surface area contributed by atoms with E-state index in [9.17, 15) is 19.2 Å². The van der Waals surface area contributed by atoms with Crippen LogP contribution in [0.15, 0.2) is 24.3 Å². The normalized spacial score (nSPS) is 11.5. The van der Waals surface area contributed by atoms with Crippen molar-refractivity contribution in [3.63, 3.8) is 0 Å². The van der Waals surface area contributed by atoms with Crippen molar-refractivity contribution in [2.75, 3.05) is 5.32 Å². The number of nitrogens with one attached hydrogen (secondary N) is 2. The molecular weight excluding hydrogens is 314 g/mol. The summed E-state index contributed by atoms with van der Waals surface area (Å²) in [7, 11) is 0. The Morgan fingerprint density at radius 2 is 1.71 bits per heavy atom. The van der Waals surface area contributed by atoms with Gasteiger partial charge in [0, 0.05) is 12.6 Å². The van der Waals surface area contributed by atoms with E-state index in [1.165, 1.54) is 6.92 Å². The third kappa shape index (κ3) is 6.47. The molecule has 8 nitrogen and oxygen atoms in total. The summed E-state index contributed by atoms with van der Waals surface area (Å²) >= 11 is 0. The van der Waals surface area contributed by atoms with E-state index >= 15 is 0 Å². The number of carbonyl (C=O) groups is 4. The quantitative estimate of drug-likeness (QED) is 0.667. The SMILES string of the molecule is CC(=O)Nc1ccc(CC(=O)O[C@H](C(=O)NC(N)=O)C(C)C)cc1. The number of imide groups is 1. The largest absolute Gasteiger partial charge is 0.452 e. The minimum Gasteiger partial charge on any atom is -0.452 e. The van der Waals surface area contributed by atoms with Crippen LogP contribution in [0, 0.1) is 5.92 Å². The van der Waals surface area contributed by atoms with Gasteiger partial charge in [0.1, 0.15) is 0 Å². The average molecular weight is 335 g/mol. The zero-order valence-electron chi connectivity index (χ0n) is 13.8. The van der Waals surface area contributed by atoms with Crippen LogP contribution in [0.3, 0.4) is 0 Å². The van der Waals surface area contributed by atoms with E-state index in [1.807, 2.05) is 5.32 Å². The van der Waals surface area contributed by atoms with Crippen LogP contribution in [0.2, 0.25) is 0 Å². The maximum absolute atomic E-state index is 12.0. The predicted molar refractivity (Wildman–Crippen MR) is 86.9 cm³/mol. The molecule has 0 unspecified atom stereocenters. The van der Waals surface area contributed by atoms with E-state index in [1.54, 1.807) is 38.1 Å². The Morgan fingerprint density at radius 1 is 1.12 bits per heavy atom. The highest BCUT2D eigenvalue weighted by Crippen LogP contribution is 2.13. The summed E-state index contributed by atoms with van der Waals surface area (Å²) in [5.74, 6) is -1.88. The smallest absolute Gasteiger partial charge is 0.318 e. The van der Waals surface area contributed by atoms with Gasteiger partial charge in [-0.1, -0.05) is 26.0 Å². The van der Waals surface area contributed by atoms with Gasteiger partial charge in [-0.15, -0.1) is 0 Å². The molecule has 1 aromatic carbocycles. The van der Waals surface area contributed by atoms with E-state index < -0.39 is 24.0 Å². The molecule has 0 bridgehead atoms. The fraction of sp³-hybridized carbons (Fsp3) is 0.375. The fourth-order valence-corrected chi connectivity index (χ4v) is 1.94. The summed E-state index contributed by atoms with van der Waals surface area (Å²) in [6, 6.07) is 5.64. The highest BCUT2D eigenvalue weighted by molar-refractivity contribution is 5.96. The van der Waals surface area contributed by atoms with Gasteiger partial charge in [0.15, 0.2) is 6.10 Å². The highest BCUT2D eigenvalue weighted by Gasteiger charge is 2.27. The minimum absolute atomic E-state index is 0.0482. The second-order valence-corrected chi connectivity index (χ2v) is 5.56. The molecule has 0 fully saturated rings. The first-order valence-corrected chi connectivity index (χ1v) is 7.35. The van der Waals surface area contributed by atoms with Crippen LogP contribution in [0.4, 0.5) is 10.5 Å². The predicted octanol–water partition coefficient (Wildman–Crippen LogP) is 0.950. The van der Waals surface area contributed by atoms with Crippen molar-refractivity contribution < 1.29 is 23.9 Å². The first-order valence-electron chi connectivity index (χ1n) is 7.35. The number of benzene rings is 1. The van der Waals surface area contributed by atoms with Crippen LogP contribution in [-0.4, -0.2) is 29.9 Å². The molecule has 4 N–H and O–H groups in total. The lowest BCUT2D eigenvalue weighted by molar-refractivity contribution is -0.157. The Bertz CT molecular complexity index is 625. The molecule has 0 aliphatic heterocycles. The van der Waals surface area contributed by atoms with E-state index in [0.717, 1.165) is 0 Å². The molecule has 8 heteroatoms. The number of amides is 4. The third-order valence-corrected chi connectivity index (χ3v) is 2.99. The second-order valence-electron chi connectivity index (χ2n) is 5.56. The molecule has 0 radical (unpaired) electrons. The van der Waals surface area contributed by atoms with Crippen molar-refractivity contribution in [1.29, 1.82) is 0 Å². The van der Waals surface area contributed by atoms with Crippen LogP contribution in [0.5, 0.6) is 0 Å². The summed E-state index contributed by atoms with van der Waals surface area (Å²) in [4.78, 5) is 45.5. The van der Waals surface area contributed by atoms with Crippen molar-refractivity contribution in [2.24, 2.45) is 11.7 Å². The van der Waals surface area contributed by atoms with Gasteiger partial charge in [-0.2, -0.15) is 0 Å². The lowest BCUT2D eigenvalue weighted by Gasteiger charge is -2.19. The zero-order chi connectivity index (χ0) is 18.3. The monoisotopic (exact) mass is 335 g/mol. The molecule has 0 aliphatic rings. The fourth-order valence-electron chi connectivity index (χ4n) is 1.94. The number of primary amides is 1. The van der Waals surface area contributed by atoms with Gasteiger partial charge in [0.2, 0.25) is 5.91 Å². The molecule has 1 rings (SSSR count). The van der Waals surface area contributed by atoms with Gasteiger partial charge < -0.3 is 15.8 Å². The Balaban J connectivity index is 2.67. The van der Waals surface area contributed by atoms with Crippen LogP contribution in [0.1, 0.15) is 26.3 Å². The van der Waals surface area contributed by atoms with E-state index in [2.05, 4.69) is 5.32 Å². The Labute approximate surface area is 139 Å². The lowest BCUT2D eigenvalue weighted by Crippen LogP contribution is -2.45. The maximum Gasteiger partial charge on any atom is 0.318 e. The average Bonchev–Trinajstić information content (AvgIpc) is 2.45. The maximum atomic E-state index is 12.0. The van der Waals surface area contributed by atoms with E-state index in [4.69, 9.17) is 10.5 Å². The summed E-state index contributed by atoms with van der Waals surface area (Å²) in [5.41, 5.74) is 6.16. The van der Waals surface area contributed by atoms with Gasteiger partial charge in [-0.05, 0) is 23.6 Å². The first-order chi connectivity index (χ1) is 11.2. The number of hydrogen-bond acceptors (Lipinski definition) is 5. The van der Waals surface area contributed by atoms with Crippen molar-refractivity contribution in [3.05, 3.63) is 29.8 Å². The number of esters is 1. The number of hydrogen-bond donors (Lipinski definition) is 3. The van der Waals surface area contributed by atoms with Crippen molar-refractivity contribution in [3.8, 4) is 0 Å². The summed E-state index contributed by atoms with van der Waals surface area (Å²) < 4.78 is 5.14. The number of urea groups is 1. The molecule has 130 valence electrons. The molecule has 1 atom stereocenters. The van der Waals surface area contributed by atoms with Crippen LogP contribution < -0.4 is 16.4 Å². The molecule has 0 saturated carbocycles. The Kier molecular flexibility index (Phi) is 6.91. The van der Waals surface area contributed by atoms with Gasteiger partial charge in [-0.25, -0.2) is 4.79 Å². The van der Waals surface area contributed by atoms with E-state index in [0.29, 0.717) is 11.3 Å². The number of rotatable bonds is 6. The van der Waals surface area contributed by atoms with Crippen molar-refractivity contribution >= 4 is 29.5 Å². The molecule has 4 amide bonds. The molecule has 0 heterocycles. The number of ether oxygens (including phenoxy) is 1. The molecule has 0 spiro atoms. The standard InChI is InChI=1S/C16H21N3O5/c1-9(2)14(15(22)19-16(17)23)24-13(21)8-11-4-6-12(7-5-11)18-10(3)20/h4-7,9,14H,8H2,1-3H3,(H,18,20)(H3,17,19,22,23)/t14-/m0/s1. The first kappa shape index (κ1) is 19.1. The summed E-state index contributed by atoms with van der Waals surface area (Å²) in [5, 5.41) is 4.52. The molecular formula is C16H21N3O5. The topological polar surface area (TPSA) is 128 Å². The number of nitrogens with two attached hydrogens (primary N) is 1. The molecule has 24 heavy (non-hydrogen) atoms. The van der Waals surface area contributed by atoms with Crippen LogP contribution in [-0.2, 0) is 25.5 Å². The molecule has 0 aliphatic carbocycles. The van der Waals surface area contributed by atoms with E-state index in [-0.39, 0.29) is 18.2 Å². The molecule has 1 aromatic rings. The van der Waals surface area contributed by atoms with Gasteiger partial charge in [0.25, 0.3) is 5.91 Å². The number of anilines is 1. The van der Waals surface area contributed by atoms with Crippen LogP contribution in [0.25, 0.3) is 0 Å². The third-order valence-electron chi connectivity index (χ3n) is 2.99. The highest BCUT2D eigenvalue weighted by atomic mass is 16.5. The second kappa shape index (κ2) is 8.66. The summed E-state index contributed by atoms with van der Waals surface area (Å²) in [6.45, 7) is 4.76. The van der Waals surface area contributed by atoms with Gasteiger partial charge >= 0.3 is 12.0 Å². The van der Waals surface area contributed by atoms with Crippen LogP contribution >= 0.6 is 0 Å². The lowest BCUT2D eigenvalue weighted by atomic mass is 10.1. The van der Waals surface area contributed by atoms with Crippen molar-refractivity contribution in [1.82, 2.24) is 5.32 Å². The summed E-state index contributed by atoms with van der Waals surface area (Å²) in [6.07, 6.45) is -1.16. The Morgan fingerprint density at radius 3 is 2.17 bits per heavy atom. The Hall–Kier alpha value is -2.90. The zero-order valence-corrected chi connectivity index (χ0v) is 13.8. The number of carbonyl (C=O) groups excluding carboxylic acids is 4. The molecule has 0 aromatic heterocycles. The van der Waals surface area contributed by atoms with Gasteiger partial charge in [0.05, 0.1) is 6.42 Å². The minimum atomic E-state index is -1.11. The van der Waals surface area contributed by atoms with Gasteiger partial charge in [-0.3, -0.25) is 19.7 Å².